The van der Waals surface area contributed by atoms with Crippen LogP contribution in [-0.2, 0) is 11.2 Å². The fourth-order valence-electron chi connectivity index (χ4n) is 2.96. The molecule has 8 nitrogen and oxygen atoms in total. The lowest BCUT2D eigenvalue weighted by Gasteiger charge is -2.33. The Hall–Kier alpha value is -2.61. The molecule has 0 bridgehead atoms. The maximum Gasteiger partial charge on any atom is 0.287 e. The van der Waals surface area contributed by atoms with Crippen LogP contribution in [-0.4, -0.2) is 55.3 Å². The molecule has 26 heavy (non-hydrogen) atoms. The van der Waals surface area contributed by atoms with Crippen molar-refractivity contribution in [3.8, 4) is 0 Å². The molecule has 1 aliphatic rings. The van der Waals surface area contributed by atoms with Gasteiger partial charge in [0.15, 0.2) is 5.76 Å². The molecule has 1 amide bonds. The number of rotatable bonds is 6. The van der Waals surface area contributed by atoms with Gasteiger partial charge >= 0.3 is 0 Å². The molecule has 1 saturated heterocycles. The van der Waals surface area contributed by atoms with Crippen molar-refractivity contribution in [3.63, 3.8) is 0 Å². The van der Waals surface area contributed by atoms with E-state index in [4.69, 9.17) is 9.15 Å². The van der Waals surface area contributed by atoms with Gasteiger partial charge in [-0.15, -0.1) is 0 Å². The molecule has 1 aliphatic heterocycles. The van der Waals surface area contributed by atoms with Crippen LogP contribution in [0.1, 0.15) is 29.5 Å². The summed E-state index contributed by atoms with van der Waals surface area (Å²) in [6.45, 7) is 3.09. The number of carbonyl (C=O) groups is 1. The molecule has 2 aromatic heterocycles. The molecule has 1 fully saturated rings. The van der Waals surface area contributed by atoms with E-state index in [0.29, 0.717) is 24.8 Å². The van der Waals surface area contributed by atoms with Gasteiger partial charge in [0.25, 0.3) is 5.91 Å². The first-order chi connectivity index (χ1) is 12.6. The summed E-state index contributed by atoms with van der Waals surface area (Å²) in [7, 11) is 3.85. The fraction of sp³-hybridized carbons (Fsp3) is 0.500. The molecule has 0 radical (unpaired) electrons. The third-order valence-corrected chi connectivity index (χ3v) is 4.45. The minimum Gasteiger partial charge on any atom is -0.459 e. The molecular weight excluding hydrogens is 334 g/mol. The number of nitrogens with one attached hydrogen (secondary N) is 2. The third-order valence-electron chi connectivity index (χ3n) is 4.45. The number of nitrogens with zero attached hydrogens (tertiary/aromatic N) is 3. The summed E-state index contributed by atoms with van der Waals surface area (Å²) in [6, 6.07) is 3.54. The number of anilines is 2. The molecule has 0 spiro atoms. The van der Waals surface area contributed by atoms with E-state index in [1.54, 1.807) is 6.26 Å². The minimum atomic E-state index is -0.192. The van der Waals surface area contributed by atoms with Gasteiger partial charge < -0.3 is 24.7 Å². The van der Waals surface area contributed by atoms with Crippen molar-refractivity contribution in [2.75, 3.05) is 37.5 Å². The Kier molecular flexibility index (Phi) is 5.72. The second-order valence-corrected chi connectivity index (χ2v) is 6.48. The van der Waals surface area contributed by atoms with Crippen LogP contribution in [0.25, 0.3) is 0 Å². The van der Waals surface area contributed by atoms with E-state index in [9.17, 15) is 4.79 Å². The summed E-state index contributed by atoms with van der Waals surface area (Å²) in [4.78, 5) is 23.0. The predicted octanol–water partition coefficient (Wildman–Crippen LogP) is 1.70. The summed E-state index contributed by atoms with van der Waals surface area (Å²) in [5.74, 6) is 1.70. The van der Waals surface area contributed by atoms with Crippen LogP contribution in [0.4, 0.5) is 11.6 Å². The Morgan fingerprint density at radius 3 is 2.96 bits per heavy atom. The first-order valence-electron chi connectivity index (χ1n) is 8.79. The van der Waals surface area contributed by atoms with E-state index in [1.807, 2.05) is 38.1 Å². The highest BCUT2D eigenvalue weighted by atomic mass is 16.5. The summed E-state index contributed by atoms with van der Waals surface area (Å²) in [5.41, 5.74) is 0.908. The van der Waals surface area contributed by atoms with E-state index in [1.165, 1.54) is 6.33 Å². The second kappa shape index (κ2) is 8.18. The third kappa shape index (κ3) is 4.13. The Morgan fingerprint density at radius 2 is 2.19 bits per heavy atom. The van der Waals surface area contributed by atoms with Gasteiger partial charge in [0.05, 0.1) is 25.0 Å². The Balaban J connectivity index is 1.70. The average Bonchev–Trinajstić information content (AvgIpc) is 3.12. The number of ether oxygens (including phenoxy) is 1. The van der Waals surface area contributed by atoms with Gasteiger partial charge in [0.1, 0.15) is 18.0 Å². The predicted molar refractivity (Wildman–Crippen MR) is 98.5 cm³/mol. The van der Waals surface area contributed by atoms with Crippen LogP contribution in [0.15, 0.2) is 29.1 Å². The number of carbonyl (C=O) groups excluding carboxylic acids is 1. The Morgan fingerprint density at radius 1 is 1.35 bits per heavy atom. The average molecular weight is 359 g/mol. The molecule has 0 aromatic carbocycles. The first kappa shape index (κ1) is 18.2. The molecule has 0 unspecified atom stereocenters. The van der Waals surface area contributed by atoms with Crippen molar-refractivity contribution >= 4 is 17.5 Å². The van der Waals surface area contributed by atoms with Gasteiger partial charge in [0.2, 0.25) is 0 Å². The Bertz CT molecular complexity index is 746. The van der Waals surface area contributed by atoms with Crippen molar-refractivity contribution < 1.29 is 13.9 Å². The van der Waals surface area contributed by atoms with Crippen LogP contribution >= 0.6 is 0 Å². The number of hydrogen-bond acceptors (Lipinski definition) is 7. The first-order valence-corrected chi connectivity index (χ1v) is 8.79. The van der Waals surface area contributed by atoms with E-state index >= 15 is 0 Å². The van der Waals surface area contributed by atoms with Crippen LogP contribution in [0.5, 0.6) is 0 Å². The number of aromatic nitrogens is 2. The zero-order valence-electron chi connectivity index (χ0n) is 15.4. The highest BCUT2D eigenvalue weighted by Gasteiger charge is 2.29. The van der Waals surface area contributed by atoms with E-state index < -0.39 is 0 Å². The van der Waals surface area contributed by atoms with Crippen LogP contribution in [0.2, 0.25) is 0 Å². The standard InChI is InChI=1S/C18H25N5O3/c1-4-12-5-8-26-17(12)18(24)22-13-6-7-25-10-14(13)21-15-9-16(23(2)3)20-11-19-15/h5,8-9,11,13-14H,4,6-7,10H2,1-3H3,(H,22,24)(H,19,20,21)/t13-,14+/m0/s1. The maximum atomic E-state index is 12.6. The molecule has 3 heterocycles. The monoisotopic (exact) mass is 359 g/mol. The van der Waals surface area contributed by atoms with Crippen molar-refractivity contribution in [1.82, 2.24) is 15.3 Å². The van der Waals surface area contributed by atoms with Crippen molar-refractivity contribution in [2.45, 2.75) is 31.8 Å². The molecule has 0 saturated carbocycles. The number of hydrogen-bond donors (Lipinski definition) is 2. The van der Waals surface area contributed by atoms with Gasteiger partial charge in [-0.1, -0.05) is 6.92 Å². The van der Waals surface area contributed by atoms with Gasteiger partial charge in [-0.25, -0.2) is 9.97 Å². The van der Waals surface area contributed by atoms with E-state index in [0.717, 1.165) is 24.2 Å². The molecular formula is C18H25N5O3. The number of furan rings is 1. The van der Waals surface area contributed by atoms with E-state index in [2.05, 4.69) is 20.6 Å². The molecule has 140 valence electrons. The summed E-state index contributed by atoms with van der Waals surface area (Å²) in [5, 5.41) is 6.43. The quantitative estimate of drug-likeness (QED) is 0.811. The van der Waals surface area contributed by atoms with Crippen molar-refractivity contribution in [3.05, 3.63) is 36.0 Å². The highest BCUT2D eigenvalue weighted by Crippen LogP contribution is 2.18. The molecule has 8 heteroatoms. The zero-order valence-corrected chi connectivity index (χ0v) is 15.4. The fourth-order valence-corrected chi connectivity index (χ4v) is 2.96. The number of amides is 1. The summed E-state index contributed by atoms with van der Waals surface area (Å²) in [6.07, 6.45) is 4.54. The molecule has 3 rings (SSSR count). The topological polar surface area (TPSA) is 92.5 Å². The lowest BCUT2D eigenvalue weighted by atomic mass is 10.0. The van der Waals surface area contributed by atoms with Crippen LogP contribution < -0.4 is 15.5 Å². The minimum absolute atomic E-state index is 0.0798. The van der Waals surface area contributed by atoms with Crippen molar-refractivity contribution in [1.29, 1.82) is 0 Å². The molecule has 2 aromatic rings. The SMILES string of the molecule is CCc1ccoc1C(=O)N[C@H]1CCOC[C@H]1Nc1cc(N(C)C)ncn1. The summed E-state index contributed by atoms with van der Waals surface area (Å²) < 4.78 is 11.0. The van der Waals surface area contributed by atoms with Crippen LogP contribution in [0, 0.1) is 0 Å². The highest BCUT2D eigenvalue weighted by molar-refractivity contribution is 5.93. The molecule has 2 N–H and O–H groups in total. The summed E-state index contributed by atoms with van der Waals surface area (Å²) >= 11 is 0. The Labute approximate surface area is 153 Å². The van der Waals surface area contributed by atoms with E-state index in [-0.39, 0.29) is 18.0 Å². The lowest BCUT2D eigenvalue weighted by Crippen LogP contribution is -2.52. The second-order valence-electron chi connectivity index (χ2n) is 6.48. The smallest absolute Gasteiger partial charge is 0.287 e. The zero-order chi connectivity index (χ0) is 18.5. The molecule has 0 aliphatic carbocycles. The maximum absolute atomic E-state index is 12.6. The van der Waals surface area contributed by atoms with Crippen LogP contribution in [0.3, 0.4) is 0 Å². The lowest BCUT2D eigenvalue weighted by molar-refractivity contribution is 0.0609. The number of aryl methyl sites for hydroxylation is 1. The van der Waals surface area contributed by atoms with Gasteiger partial charge in [0, 0.05) is 32.3 Å². The van der Waals surface area contributed by atoms with Gasteiger partial charge in [-0.3, -0.25) is 4.79 Å². The van der Waals surface area contributed by atoms with Gasteiger partial charge in [-0.2, -0.15) is 0 Å². The largest absolute Gasteiger partial charge is 0.459 e. The molecule has 2 atom stereocenters. The van der Waals surface area contributed by atoms with Gasteiger partial charge in [-0.05, 0) is 18.9 Å². The van der Waals surface area contributed by atoms with Crippen molar-refractivity contribution in [2.24, 2.45) is 0 Å². The normalized spacial score (nSPS) is 19.8.